The first-order valence-corrected chi connectivity index (χ1v) is 7.65. The number of amides is 1. The van der Waals surface area contributed by atoms with Crippen molar-refractivity contribution in [3.63, 3.8) is 0 Å². The van der Waals surface area contributed by atoms with Crippen LogP contribution in [-0.2, 0) is 0 Å². The zero-order valence-corrected chi connectivity index (χ0v) is 13.8. The van der Waals surface area contributed by atoms with Gasteiger partial charge in [-0.2, -0.15) is 9.78 Å². The summed E-state index contributed by atoms with van der Waals surface area (Å²) in [5.41, 5.74) is -0.556. The third-order valence-electron chi connectivity index (χ3n) is 3.45. The van der Waals surface area contributed by atoms with Crippen molar-refractivity contribution in [3.8, 4) is 5.69 Å². The fourth-order valence-corrected chi connectivity index (χ4v) is 2.28. The first-order chi connectivity index (χ1) is 11.3. The molecule has 0 saturated carbocycles. The molecule has 1 amide bonds. The Bertz CT molecular complexity index is 787. The van der Waals surface area contributed by atoms with E-state index in [-0.39, 0.29) is 24.0 Å². The van der Waals surface area contributed by atoms with E-state index in [0.29, 0.717) is 0 Å². The Morgan fingerprint density at radius 1 is 1.25 bits per heavy atom. The van der Waals surface area contributed by atoms with Crippen LogP contribution in [0.3, 0.4) is 0 Å². The van der Waals surface area contributed by atoms with Gasteiger partial charge in [0.15, 0.2) is 0 Å². The first kappa shape index (κ1) is 17.8. The van der Waals surface area contributed by atoms with Gasteiger partial charge in [0, 0.05) is 18.7 Å². The number of para-hydroxylation sites is 1. The minimum absolute atomic E-state index is 0.00667. The van der Waals surface area contributed by atoms with E-state index in [9.17, 15) is 19.1 Å². The molecule has 24 heavy (non-hydrogen) atoms. The molecular weight excluding hydrogens is 313 g/mol. The maximum Gasteiger partial charge on any atom is 0.274 e. The van der Waals surface area contributed by atoms with Gasteiger partial charge in [-0.1, -0.05) is 12.1 Å². The fourth-order valence-electron chi connectivity index (χ4n) is 2.28. The molecule has 1 aromatic carbocycles. The summed E-state index contributed by atoms with van der Waals surface area (Å²) in [6.45, 7) is 5.34. The number of benzene rings is 1. The lowest BCUT2D eigenvalue weighted by Crippen LogP contribution is -2.42. The molecule has 1 heterocycles. The highest BCUT2D eigenvalue weighted by Crippen LogP contribution is 2.11. The minimum Gasteiger partial charge on any atom is -0.392 e. The Morgan fingerprint density at radius 2 is 1.92 bits per heavy atom. The van der Waals surface area contributed by atoms with Crippen molar-refractivity contribution in [1.82, 2.24) is 14.7 Å². The lowest BCUT2D eigenvalue weighted by molar-refractivity contribution is 0.0571. The van der Waals surface area contributed by atoms with Crippen molar-refractivity contribution in [3.05, 3.63) is 58.3 Å². The number of aliphatic hydroxyl groups is 1. The Morgan fingerprint density at radius 3 is 2.50 bits per heavy atom. The van der Waals surface area contributed by atoms with Gasteiger partial charge in [-0.25, -0.2) is 4.39 Å². The monoisotopic (exact) mass is 333 g/mol. The Labute approximate surface area is 139 Å². The van der Waals surface area contributed by atoms with E-state index in [1.54, 1.807) is 13.0 Å². The molecule has 2 rings (SSSR count). The van der Waals surface area contributed by atoms with Gasteiger partial charge in [-0.3, -0.25) is 9.59 Å². The molecule has 1 atom stereocenters. The molecule has 1 unspecified atom stereocenters. The van der Waals surface area contributed by atoms with E-state index in [2.05, 4.69) is 5.10 Å². The number of hydrogen-bond acceptors (Lipinski definition) is 4. The lowest BCUT2D eigenvalue weighted by atomic mass is 10.2. The molecule has 0 fully saturated rings. The van der Waals surface area contributed by atoms with Crippen LogP contribution in [0, 0.1) is 5.82 Å². The molecule has 0 radical (unpaired) electrons. The standard InChI is InChI=1S/C17H20FN3O3/c1-11(2)20(10-12(3)22)17(24)14-8-9-16(23)21(19-14)15-7-5-4-6-13(15)18/h4-9,11-12,22H,10H2,1-3H3. The van der Waals surface area contributed by atoms with E-state index in [0.717, 1.165) is 4.68 Å². The molecular formula is C17H20FN3O3. The number of carbonyl (C=O) groups is 1. The maximum absolute atomic E-state index is 13.9. The molecule has 1 N–H and O–H groups in total. The summed E-state index contributed by atoms with van der Waals surface area (Å²) in [6, 6.07) is 8.02. The minimum atomic E-state index is -0.700. The van der Waals surface area contributed by atoms with Gasteiger partial charge in [0.25, 0.3) is 11.5 Å². The Balaban J connectivity index is 2.46. The molecule has 1 aromatic heterocycles. The highest BCUT2D eigenvalue weighted by Gasteiger charge is 2.22. The molecule has 128 valence electrons. The molecule has 0 spiro atoms. The van der Waals surface area contributed by atoms with Crippen LogP contribution in [0.15, 0.2) is 41.2 Å². The van der Waals surface area contributed by atoms with Gasteiger partial charge < -0.3 is 10.0 Å². The molecule has 2 aromatic rings. The van der Waals surface area contributed by atoms with Crippen LogP contribution in [0.4, 0.5) is 4.39 Å². The van der Waals surface area contributed by atoms with Crippen LogP contribution in [0.2, 0.25) is 0 Å². The van der Waals surface area contributed by atoms with Gasteiger partial charge in [-0.05, 0) is 39.0 Å². The molecule has 7 heteroatoms. The highest BCUT2D eigenvalue weighted by atomic mass is 19.1. The Hall–Kier alpha value is -2.54. The van der Waals surface area contributed by atoms with Crippen molar-refractivity contribution in [2.24, 2.45) is 0 Å². The third kappa shape index (κ3) is 3.86. The van der Waals surface area contributed by atoms with Crippen molar-refractivity contribution in [2.75, 3.05) is 6.54 Å². The normalized spacial score (nSPS) is 12.2. The van der Waals surface area contributed by atoms with Crippen molar-refractivity contribution < 1.29 is 14.3 Å². The van der Waals surface area contributed by atoms with Crippen molar-refractivity contribution in [2.45, 2.75) is 32.9 Å². The average molecular weight is 333 g/mol. The predicted octanol–water partition coefficient (Wildman–Crippen LogP) is 1.60. The highest BCUT2D eigenvalue weighted by molar-refractivity contribution is 5.92. The topological polar surface area (TPSA) is 75.4 Å². The van der Waals surface area contributed by atoms with Gasteiger partial charge in [0.2, 0.25) is 0 Å². The largest absolute Gasteiger partial charge is 0.392 e. The Kier molecular flexibility index (Phi) is 5.46. The number of carbonyl (C=O) groups excluding carboxylic acids is 1. The van der Waals surface area contributed by atoms with Crippen molar-refractivity contribution >= 4 is 5.91 Å². The molecule has 0 aliphatic heterocycles. The quantitative estimate of drug-likeness (QED) is 0.902. The SMILES string of the molecule is CC(O)CN(C(=O)c1ccc(=O)n(-c2ccccc2F)n1)C(C)C. The van der Waals surface area contributed by atoms with E-state index in [4.69, 9.17) is 0 Å². The molecule has 0 aliphatic carbocycles. The second-order valence-corrected chi connectivity index (χ2v) is 5.82. The van der Waals surface area contributed by atoms with E-state index in [1.165, 1.54) is 35.2 Å². The number of nitrogens with zero attached hydrogens (tertiary/aromatic N) is 3. The van der Waals surface area contributed by atoms with Crippen LogP contribution in [-0.4, -0.2) is 44.4 Å². The van der Waals surface area contributed by atoms with Gasteiger partial charge >= 0.3 is 0 Å². The number of aliphatic hydroxyl groups excluding tert-OH is 1. The van der Waals surface area contributed by atoms with Gasteiger partial charge in [-0.15, -0.1) is 0 Å². The lowest BCUT2D eigenvalue weighted by Gasteiger charge is -2.27. The van der Waals surface area contributed by atoms with Crippen LogP contribution >= 0.6 is 0 Å². The first-order valence-electron chi connectivity index (χ1n) is 7.65. The van der Waals surface area contributed by atoms with Crippen molar-refractivity contribution in [1.29, 1.82) is 0 Å². The summed E-state index contributed by atoms with van der Waals surface area (Å²) >= 11 is 0. The van der Waals surface area contributed by atoms with Crippen LogP contribution in [0.1, 0.15) is 31.3 Å². The second kappa shape index (κ2) is 7.35. The summed E-state index contributed by atoms with van der Waals surface area (Å²) < 4.78 is 14.8. The summed E-state index contributed by atoms with van der Waals surface area (Å²) in [6.07, 6.45) is -0.700. The average Bonchev–Trinajstić information content (AvgIpc) is 2.53. The van der Waals surface area contributed by atoms with Gasteiger partial charge in [0.1, 0.15) is 17.2 Å². The van der Waals surface area contributed by atoms with Crippen LogP contribution < -0.4 is 5.56 Å². The van der Waals surface area contributed by atoms with Crippen LogP contribution in [0.25, 0.3) is 5.69 Å². The number of hydrogen-bond donors (Lipinski definition) is 1. The van der Waals surface area contributed by atoms with E-state index in [1.807, 2.05) is 13.8 Å². The smallest absolute Gasteiger partial charge is 0.274 e. The van der Waals surface area contributed by atoms with E-state index >= 15 is 0 Å². The molecule has 6 nitrogen and oxygen atoms in total. The number of rotatable bonds is 5. The molecule has 0 bridgehead atoms. The summed E-state index contributed by atoms with van der Waals surface area (Å²) in [5, 5.41) is 13.6. The predicted molar refractivity (Wildman–Crippen MR) is 87.6 cm³/mol. The zero-order valence-electron chi connectivity index (χ0n) is 13.8. The van der Waals surface area contributed by atoms with Gasteiger partial charge in [0.05, 0.1) is 6.10 Å². The van der Waals surface area contributed by atoms with E-state index < -0.39 is 23.4 Å². The fraction of sp³-hybridized carbons (Fsp3) is 0.353. The summed E-state index contributed by atoms with van der Waals surface area (Å²) in [5.74, 6) is -1.04. The number of aromatic nitrogens is 2. The number of halogens is 1. The second-order valence-electron chi connectivity index (χ2n) is 5.82. The molecule has 0 aliphatic rings. The summed E-state index contributed by atoms with van der Waals surface area (Å²) in [4.78, 5) is 26.1. The molecule has 0 saturated heterocycles. The zero-order chi connectivity index (χ0) is 17.9. The maximum atomic E-state index is 13.9. The summed E-state index contributed by atoms with van der Waals surface area (Å²) in [7, 11) is 0. The van der Waals surface area contributed by atoms with Crippen LogP contribution in [0.5, 0.6) is 0 Å². The third-order valence-corrected chi connectivity index (χ3v) is 3.45.